The van der Waals surface area contributed by atoms with E-state index in [1.165, 1.54) is 12.1 Å². The number of nitrogens with zero attached hydrogens (tertiary/aromatic N) is 1. The van der Waals surface area contributed by atoms with Crippen molar-refractivity contribution in [3.05, 3.63) is 69.8 Å². The molecule has 2 N–H and O–H groups in total. The maximum absolute atomic E-state index is 12.7. The molecule has 1 amide bonds. The summed E-state index contributed by atoms with van der Waals surface area (Å²) < 4.78 is 1.28. The van der Waals surface area contributed by atoms with Gasteiger partial charge in [0, 0.05) is 0 Å². The number of amides is 1. The van der Waals surface area contributed by atoms with Gasteiger partial charge in [0.25, 0.3) is 0 Å². The molecule has 135 valence electrons. The van der Waals surface area contributed by atoms with Crippen molar-refractivity contribution in [2.24, 2.45) is 0 Å². The third kappa shape index (κ3) is 4.71. The molecule has 0 saturated heterocycles. The Balaban J connectivity index is 1.78. The van der Waals surface area contributed by atoms with Gasteiger partial charge in [0.15, 0.2) is 0 Å². The average Bonchev–Trinajstić information content (AvgIpc) is 3.05. The van der Waals surface area contributed by atoms with Gasteiger partial charge in [-0.25, -0.2) is 0 Å². The predicted octanol–water partition coefficient (Wildman–Crippen LogP) is 2.19. The number of non-ortho nitro benzene ring substituents is 1. The fourth-order valence-corrected chi connectivity index (χ4v) is 6.17. The molecule has 1 fully saturated rings. The van der Waals surface area contributed by atoms with Crippen molar-refractivity contribution in [1.29, 1.82) is 0 Å². The molecule has 1 saturated carbocycles. The van der Waals surface area contributed by atoms with E-state index in [0.29, 0.717) is 16.8 Å². The number of nitro benzene ring substituents is 1. The van der Waals surface area contributed by atoms with Crippen LogP contribution in [0.3, 0.4) is 0 Å². The Labute approximate surface area is 158 Å². The van der Waals surface area contributed by atoms with Gasteiger partial charge in [-0.05, 0) is 0 Å². The summed E-state index contributed by atoms with van der Waals surface area (Å²) in [5.41, 5.74) is 1.28. The average molecular weight is 415 g/mol. The molecule has 0 aliphatic heterocycles. The number of hydrogen-bond acceptors (Lipinski definition) is 4. The molecule has 2 aromatic rings. The van der Waals surface area contributed by atoms with Crippen molar-refractivity contribution in [1.82, 2.24) is 5.32 Å². The summed E-state index contributed by atoms with van der Waals surface area (Å²) >= 11 is -0.333. The topological polar surface area (TPSA) is 92.5 Å². The van der Waals surface area contributed by atoms with Gasteiger partial charge in [-0.2, -0.15) is 0 Å². The minimum absolute atomic E-state index is 0.0775. The second-order valence-electron chi connectivity index (χ2n) is 6.38. The second kappa shape index (κ2) is 8.47. The minimum atomic E-state index is -0.479. The monoisotopic (exact) mass is 415 g/mol. The summed E-state index contributed by atoms with van der Waals surface area (Å²) in [6.45, 7) is 0.375. The Morgan fingerprint density at radius 1 is 1.23 bits per heavy atom. The van der Waals surface area contributed by atoms with Crippen LogP contribution in [0.4, 0.5) is 5.69 Å². The molecule has 6 nitrogen and oxygen atoms in total. The number of rotatable bonds is 6. The second-order valence-corrected chi connectivity index (χ2v) is 9.46. The van der Waals surface area contributed by atoms with Crippen LogP contribution in [0, 0.1) is 10.1 Å². The maximum atomic E-state index is 12.7. The van der Waals surface area contributed by atoms with Gasteiger partial charge in [-0.1, -0.05) is 0 Å². The third-order valence-electron chi connectivity index (χ3n) is 4.43. The van der Waals surface area contributed by atoms with E-state index in [9.17, 15) is 20.0 Å². The van der Waals surface area contributed by atoms with Crippen molar-refractivity contribution in [2.75, 3.05) is 0 Å². The van der Waals surface area contributed by atoms with Gasteiger partial charge in [0.2, 0.25) is 0 Å². The van der Waals surface area contributed by atoms with Crippen molar-refractivity contribution >= 4 is 31.7 Å². The van der Waals surface area contributed by atoms with E-state index in [-0.39, 0.29) is 33.5 Å². The van der Waals surface area contributed by atoms with E-state index in [2.05, 4.69) is 5.32 Å². The van der Waals surface area contributed by atoms with E-state index in [1.807, 2.05) is 30.3 Å². The molecule has 2 unspecified atom stereocenters. The number of benzene rings is 2. The zero-order valence-corrected chi connectivity index (χ0v) is 16.0. The predicted molar refractivity (Wildman–Crippen MR) is 99.7 cm³/mol. The molecule has 0 spiro atoms. The number of nitrogens with one attached hydrogen (secondary N) is 1. The van der Waals surface area contributed by atoms with E-state index in [0.717, 1.165) is 29.2 Å². The van der Waals surface area contributed by atoms with E-state index in [1.54, 1.807) is 6.07 Å². The van der Waals surface area contributed by atoms with Crippen LogP contribution >= 0.6 is 0 Å². The van der Waals surface area contributed by atoms with Crippen molar-refractivity contribution in [3.8, 4) is 0 Å². The van der Waals surface area contributed by atoms with Crippen molar-refractivity contribution < 1.29 is 14.8 Å². The van der Waals surface area contributed by atoms with Crippen molar-refractivity contribution in [2.45, 2.75) is 36.6 Å². The Bertz CT molecular complexity index is 797. The summed E-state index contributed by atoms with van der Waals surface area (Å²) in [4.78, 5) is 23.3. The van der Waals surface area contributed by atoms with Gasteiger partial charge >= 0.3 is 158 Å². The summed E-state index contributed by atoms with van der Waals surface area (Å²) in [5.74, 6) is -0.290. The van der Waals surface area contributed by atoms with E-state index >= 15 is 0 Å². The van der Waals surface area contributed by atoms with Crippen LogP contribution in [0.5, 0.6) is 0 Å². The molecular formula is C19H20AsN2O4. The van der Waals surface area contributed by atoms with Crippen LogP contribution < -0.4 is 9.67 Å². The molecule has 0 aromatic heterocycles. The Kier molecular flexibility index (Phi) is 6.07. The van der Waals surface area contributed by atoms with Gasteiger partial charge < -0.3 is 0 Å². The van der Waals surface area contributed by atoms with Crippen LogP contribution in [-0.2, 0) is 6.54 Å². The molecule has 1 aliphatic carbocycles. The summed E-state index contributed by atoms with van der Waals surface area (Å²) in [6.07, 6.45) is 2.23. The summed E-state index contributed by atoms with van der Waals surface area (Å²) in [6, 6.07) is 14.1. The fourth-order valence-electron chi connectivity index (χ4n) is 3.05. The van der Waals surface area contributed by atoms with Gasteiger partial charge in [0.05, 0.1) is 0 Å². The number of aliphatic hydroxyl groups excluding tert-OH is 1. The first-order valence-electron chi connectivity index (χ1n) is 8.52. The quantitative estimate of drug-likeness (QED) is 0.430. The molecule has 7 heteroatoms. The SMILES string of the molecule is O=C(NCc1ccccc1)c1cc([N+](=O)[O-])ccc1[As]C1CCC(O)C1. The van der Waals surface area contributed by atoms with Gasteiger partial charge in [-0.15, -0.1) is 0 Å². The number of aliphatic hydroxyl groups is 1. The number of nitro groups is 1. The molecule has 1 aliphatic rings. The van der Waals surface area contributed by atoms with Crippen molar-refractivity contribution in [3.63, 3.8) is 0 Å². The molecular weight excluding hydrogens is 395 g/mol. The third-order valence-corrected chi connectivity index (χ3v) is 7.58. The molecule has 1 radical (unpaired) electrons. The Hall–Kier alpha value is -2.17. The molecule has 2 atom stereocenters. The Morgan fingerprint density at radius 2 is 2.00 bits per heavy atom. The number of carbonyl (C=O) groups is 1. The molecule has 0 bridgehead atoms. The van der Waals surface area contributed by atoms with Crippen LogP contribution in [0.15, 0.2) is 48.5 Å². The normalized spacial score (nSPS) is 19.7. The summed E-state index contributed by atoms with van der Waals surface area (Å²) in [7, 11) is 0. The van der Waals surface area contributed by atoms with Crippen LogP contribution in [0.25, 0.3) is 0 Å². The zero-order chi connectivity index (χ0) is 18.5. The Morgan fingerprint density at radius 3 is 2.65 bits per heavy atom. The van der Waals surface area contributed by atoms with Gasteiger partial charge in [-0.3, -0.25) is 0 Å². The van der Waals surface area contributed by atoms with Crippen LogP contribution in [0.2, 0.25) is 4.71 Å². The first-order chi connectivity index (χ1) is 12.5. The van der Waals surface area contributed by atoms with E-state index in [4.69, 9.17) is 0 Å². The first kappa shape index (κ1) is 18.6. The van der Waals surface area contributed by atoms with E-state index < -0.39 is 4.92 Å². The zero-order valence-electron chi connectivity index (χ0n) is 14.2. The molecule has 0 heterocycles. The van der Waals surface area contributed by atoms with Crippen LogP contribution in [-0.4, -0.2) is 37.8 Å². The number of hydrogen-bond donors (Lipinski definition) is 2. The molecule has 3 rings (SSSR count). The van der Waals surface area contributed by atoms with Crippen LogP contribution in [0.1, 0.15) is 35.2 Å². The molecule has 26 heavy (non-hydrogen) atoms. The number of carbonyl (C=O) groups excluding carboxylic acids is 1. The fraction of sp³-hybridized carbons (Fsp3) is 0.316. The first-order valence-corrected chi connectivity index (χ1v) is 10.5. The van der Waals surface area contributed by atoms with Gasteiger partial charge in [0.1, 0.15) is 0 Å². The molecule has 2 aromatic carbocycles. The standard InChI is InChI=1S/C19H20AsN2O4/c23-16-8-6-14(10-16)20-18-9-7-15(22(25)26)11-17(18)19(24)21-12-13-4-2-1-3-5-13/h1-5,7,9,11,14,16,23H,6,8,10,12H2,(H,21,24). The summed E-state index contributed by atoms with van der Waals surface area (Å²) in [5, 5.41) is 23.7.